The van der Waals surface area contributed by atoms with Gasteiger partial charge in [-0.1, -0.05) is 18.2 Å². The van der Waals surface area contributed by atoms with Gasteiger partial charge in [0.05, 0.1) is 17.7 Å². The molecule has 0 aliphatic heterocycles. The third-order valence-electron chi connectivity index (χ3n) is 4.63. The molecule has 0 saturated carbocycles. The minimum Gasteiger partial charge on any atom is -0.317 e. The fraction of sp³-hybridized carbons (Fsp3) is 0.222. The quantitative estimate of drug-likeness (QED) is 0.517. The highest BCUT2D eigenvalue weighted by molar-refractivity contribution is 7.21. The van der Waals surface area contributed by atoms with Crippen molar-refractivity contribution in [2.24, 2.45) is 14.1 Å². The number of carbonyl (C=O) groups is 1. The first-order valence-corrected chi connectivity index (χ1v) is 8.84. The van der Waals surface area contributed by atoms with Crippen LogP contribution >= 0.6 is 11.3 Å². The molecule has 26 heavy (non-hydrogen) atoms. The minimum absolute atomic E-state index is 0.00238. The molecule has 0 atom stereocenters. The van der Waals surface area contributed by atoms with Gasteiger partial charge < -0.3 is 4.57 Å². The number of aromatic nitrogens is 4. The van der Waals surface area contributed by atoms with Gasteiger partial charge in [0.1, 0.15) is 0 Å². The largest absolute Gasteiger partial charge is 0.332 e. The van der Waals surface area contributed by atoms with Gasteiger partial charge in [0.15, 0.2) is 16.9 Å². The molecule has 0 saturated heterocycles. The van der Waals surface area contributed by atoms with Crippen LogP contribution < -0.4 is 11.2 Å². The van der Waals surface area contributed by atoms with Gasteiger partial charge in [0, 0.05) is 18.8 Å². The number of rotatable bonds is 3. The molecule has 0 N–H and O–H groups in total. The summed E-state index contributed by atoms with van der Waals surface area (Å²) in [5, 5.41) is 1.06. The second-order valence-corrected chi connectivity index (χ2v) is 7.28. The van der Waals surface area contributed by atoms with Gasteiger partial charge in [0.2, 0.25) is 0 Å². The number of Topliss-reactive ketones (excluding diaryl/α,β-unsaturated/α-hetero) is 1. The van der Waals surface area contributed by atoms with E-state index in [9.17, 15) is 14.4 Å². The van der Waals surface area contributed by atoms with Crippen LogP contribution in [0.2, 0.25) is 0 Å². The van der Waals surface area contributed by atoms with E-state index in [1.165, 1.54) is 33.8 Å². The summed E-state index contributed by atoms with van der Waals surface area (Å²) in [6.07, 6.45) is 1.44. The van der Waals surface area contributed by atoms with Crippen molar-refractivity contribution in [3.05, 3.63) is 61.9 Å². The Hall–Kier alpha value is -3.00. The molecule has 0 fully saturated rings. The highest BCUT2D eigenvalue weighted by Gasteiger charge is 2.19. The zero-order valence-corrected chi connectivity index (χ0v) is 15.3. The van der Waals surface area contributed by atoms with E-state index in [-0.39, 0.29) is 23.5 Å². The number of benzene rings is 1. The molecule has 7 nitrogen and oxygen atoms in total. The van der Waals surface area contributed by atoms with Gasteiger partial charge in [-0.15, -0.1) is 11.3 Å². The van der Waals surface area contributed by atoms with Crippen molar-refractivity contribution in [2.45, 2.75) is 13.5 Å². The lowest BCUT2D eigenvalue weighted by molar-refractivity contribution is 0.0977. The Bertz CT molecular complexity index is 1310. The SMILES string of the molecule is Cc1c(C(=O)Cn2cnc3c2c(=O)n(C)c(=O)n3C)sc2ccccc12. The topological polar surface area (TPSA) is 78.9 Å². The number of fused-ring (bicyclic) bond motifs is 2. The third-order valence-corrected chi connectivity index (χ3v) is 5.94. The molecule has 0 spiro atoms. The third kappa shape index (κ3) is 2.26. The van der Waals surface area contributed by atoms with Gasteiger partial charge in [0.25, 0.3) is 5.56 Å². The van der Waals surface area contributed by atoms with E-state index in [4.69, 9.17) is 0 Å². The summed E-state index contributed by atoms with van der Waals surface area (Å²) in [6, 6.07) is 7.88. The number of nitrogens with zero attached hydrogens (tertiary/aromatic N) is 4. The first kappa shape index (κ1) is 16.5. The summed E-state index contributed by atoms with van der Waals surface area (Å²) in [4.78, 5) is 42.2. The zero-order valence-electron chi connectivity index (χ0n) is 14.5. The number of aryl methyl sites for hydroxylation is 2. The molecule has 0 unspecified atom stereocenters. The van der Waals surface area contributed by atoms with Crippen molar-refractivity contribution in [1.29, 1.82) is 0 Å². The number of ketones is 1. The molecule has 3 heterocycles. The predicted molar refractivity (Wildman–Crippen MR) is 101 cm³/mol. The highest BCUT2D eigenvalue weighted by atomic mass is 32.1. The van der Waals surface area contributed by atoms with Crippen LogP contribution in [0, 0.1) is 6.92 Å². The van der Waals surface area contributed by atoms with E-state index >= 15 is 0 Å². The van der Waals surface area contributed by atoms with E-state index in [0.717, 1.165) is 20.2 Å². The maximum Gasteiger partial charge on any atom is 0.332 e. The molecule has 4 rings (SSSR count). The number of hydrogen-bond donors (Lipinski definition) is 0. The van der Waals surface area contributed by atoms with E-state index in [2.05, 4.69) is 4.98 Å². The Morgan fingerprint density at radius 2 is 1.88 bits per heavy atom. The fourth-order valence-electron chi connectivity index (χ4n) is 3.18. The van der Waals surface area contributed by atoms with Crippen LogP contribution in [-0.4, -0.2) is 24.5 Å². The van der Waals surface area contributed by atoms with Crippen LogP contribution in [0.3, 0.4) is 0 Å². The monoisotopic (exact) mass is 368 g/mol. The van der Waals surface area contributed by atoms with Gasteiger partial charge >= 0.3 is 5.69 Å². The van der Waals surface area contributed by atoms with E-state index in [0.29, 0.717) is 4.88 Å². The molecule has 4 aromatic rings. The van der Waals surface area contributed by atoms with Crippen molar-refractivity contribution in [3.63, 3.8) is 0 Å². The minimum atomic E-state index is -0.457. The first-order chi connectivity index (χ1) is 12.4. The van der Waals surface area contributed by atoms with Crippen LogP contribution in [0.5, 0.6) is 0 Å². The van der Waals surface area contributed by atoms with Crippen molar-refractivity contribution in [3.8, 4) is 0 Å². The molecular formula is C18H16N4O3S. The molecule has 0 aliphatic rings. The Kier molecular flexibility index (Phi) is 3.66. The van der Waals surface area contributed by atoms with Crippen molar-refractivity contribution in [2.75, 3.05) is 0 Å². The van der Waals surface area contributed by atoms with E-state index in [1.807, 2.05) is 31.2 Å². The zero-order chi connectivity index (χ0) is 18.6. The maximum absolute atomic E-state index is 12.9. The smallest absolute Gasteiger partial charge is 0.317 e. The Labute approximate surface area is 151 Å². The highest BCUT2D eigenvalue weighted by Crippen LogP contribution is 2.31. The summed E-state index contributed by atoms with van der Waals surface area (Å²) < 4.78 is 4.91. The van der Waals surface area contributed by atoms with Crippen LogP contribution in [0.4, 0.5) is 0 Å². The maximum atomic E-state index is 12.9. The number of carbonyl (C=O) groups excluding carboxylic acids is 1. The molecule has 0 radical (unpaired) electrons. The summed E-state index contributed by atoms with van der Waals surface area (Å²) in [6.45, 7) is 1.93. The molecule has 132 valence electrons. The molecule has 3 aromatic heterocycles. The van der Waals surface area contributed by atoms with E-state index < -0.39 is 11.2 Å². The first-order valence-electron chi connectivity index (χ1n) is 8.02. The average molecular weight is 368 g/mol. The predicted octanol–water partition coefficient (Wildman–Crippen LogP) is 1.84. The number of thiophene rings is 1. The van der Waals surface area contributed by atoms with E-state index in [1.54, 1.807) is 7.05 Å². The molecule has 0 amide bonds. The van der Waals surface area contributed by atoms with Crippen molar-refractivity contribution < 1.29 is 4.79 Å². The standard InChI is InChI=1S/C18H16N4O3S/c1-10-11-6-4-5-7-13(11)26-15(10)12(23)8-22-9-19-16-14(22)17(24)21(3)18(25)20(16)2/h4-7,9H,8H2,1-3H3. The molecular weight excluding hydrogens is 352 g/mol. The Balaban J connectivity index is 1.82. The van der Waals surface area contributed by atoms with Crippen molar-refractivity contribution >= 4 is 38.4 Å². The van der Waals surface area contributed by atoms with Gasteiger partial charge in [-0.05, 0) is 23.9 Å². The Morgan fingerprint density at radius 1 is 1.15 bits per heavy atom. The van der Waals surface area contributed by atoms with Crippen LogP contribution in [-0.2, 0) is 20.6 Å². The fourth-order valence-corrected chi connectivity index (χ4v) is 4.32. The van der Waals surface area contributed by atoms with Crippen LogP contribution in [0.15, 0.2) is 40.2 Å². The van der Waals surface area contributed by atoms with Crippen LogP contribution in [0.1, 0.15) is 15.2 Å². The lowest BCUT2D eigenvalue weighted by atomic mass is 10.1. The van der Waals surface area contributed by atoms with Gasteiger partial charge in [-0.25, -0.2) is 9.78 Å². The second kappa shape index (κ2) is 5.77. The normalized spacial score (nSPS) is 11.5. The lowest BCUT2D eigenvalue weighted by Gasteiger charge is -2.06. The van der Waals surface area contributed by atoms with Gasteiger partial charge in [-0.2, -0.15) is 0 Å². The van der Waals surface area contributed by atoms with Crippen molar-refractivity contribution in [1.82, 2.24) is 18.7 Å². The molecule has 0 bridgehead atoms. The van der Waals surface area contributed by atoms with Crippen LogP contribution in [0.25, 0.3) is 21.3 Å². The second-order valence-electron chi connectivity index (χ2n) is 6.23. The van der Waals surface area contributed by atoms with Gasteiger partial charge in [-0.3, -0.25) is 18.7 Å². The molecule has 8 heteroatoms. The summed E-state index contributed by atoms with van der Waals surface area (Å²) in [5.74, 6) is -0.0843. The lowest BCUT2D eigenvalue weighted by Crippen LogP contribution is -2.37. The number of hydrogen-bond acceptors (Lipinski definition) is 5. The molecule has 1 aromatic carbocycles. The summed E-state index contributed by atoms with van der Waals surface area (Å²) in [7, 11) is 2.97. The molecule has 0 aliphatic carbocycles. The average Bonchev–Trinajstić information content (AvgIpc) is 3.20. The summed E-state index contributed by atoms with van der Waals surface area (Å²) >= 11 is 1.45. The Morgan fingerprint density at radius 3 is 2.62 bits per heavy atom. The number of imidazole rings is 1. The summed E-state index contributed by atoms with van der Waals surface area (Å²) in [5.41, 5.74) is 0.571.